The molecule has 1 aromatic heterocycles. The zero-order valence-corrected chi connectivity index (χ0v) is 16.5. The van der Waals surface area contributed by atoms with Crippen molar-refractivity contribution in [2.24, 2.45) is 0 Å². The van der Waals surface area contributed by atoms with Gasteiger partial charge in [0, 0.05) is 23.8 Å². The fraction of sp³-hybridized carbons (Fsp3) is 0.273. The topological polar surface area (TPSA) is 59.3 Å². The van der Waals surface area contributed by atoms with E-state index in [0.717, 1.165) is 28.5 Å². The normalized spacial score (nSPS) is 10.9. The molecule has 1 amide bonds. The zero-order chi connectivity index (χ0) is 19.9. The Balaban J connectivity index is 1.51. The summed E-state index contributed by atoms with van der Waals surface area (Å²) in [7, 11) is 0. The summed E-state index contributed by atoms with van der Waals surface area (Å²) in [6.07, 6.45) is 1.53. The number of carbonyl (C=O) groups is 1. The van der Waals surface area contributed by atoms with Gasteiger partial charge in [-0.2, -0.15) is 0 Å². The minimum Gasteiger partial charge on any atom is -0.423 e. The molecule has 1 N–H and O–H groups in total. The van der Waals surface area contributed by atoms with Gasteiger partial charge in [0.05, 0.1) is 5.75 Å². The van der Waals surface area contributed by atoms with Gasteiger partial charge in [0.25, 0.3) is 0 Å². The van der Waals surface area contributed by atoms with Crippen LogP contribution >= 0.6 is 11.8 Å². The van der Waals surface area contributed by atoms with E-state index in [0.29, 0.717) is 30.1 Å². The smallest absolute Gasteiger partial charge is 0.336 e. The Morgan fingerprint density at radius 1 is 1.11 bits per heavy atom. The summed E-state index contributed by atoms with van der Waals surface area (Å²) >= 11 is 1.45. The Hall–Kier alpha value is -2.60. The molecule has 0 aliphatic rings. The molecule has 6 heteroatoms. The Kier molecular flexibility index (Phi) is 6.87. The maximum atomic E-state index is 12.9. The van der Waals surface area contributed by atoms with Crippen LogP contribution in [0.4, 0.5) is 4.39 Å². The highest BCUT2D eigenvalue weighted by Crippen LogP contribution is 2.22. The van der Waals surface area contributed by atoms with E-state index in [1.807, 2.05) is 25.1 Å². The van der Waals surface area contributed by atoms with Crippen LogP contribution in [0.15, 0.2) is 57.7 Å². The van der Waals surface area contributed by atoms with E-state index in [-0.39, 0.29) is 17.3 Å². The number of nitrogens with one attached hydrogen (secondary N) is 1. The number of thioether (sulfide) groups is 1. The lowest BCUT2D eigenvalue weighted by atomic mass is 10.1. The van der Waals surface area contributed by atoms with Gasteiger partial charge in [0.2, 0.25) is 5.91 Å². The van der Waals surface area contributed by atoms with Gasteiger partial charge >= 0.3 is 5.63 Å². The molecule has 28 heavy (non-hydrogen) atoms. The molecular weight excluding hydrogens is 377 g/mol. The van der Waals surface area contributed by atoms with E-state index in [1.165, 1.54) is 30.0 Å². The minimum absolute atomic E-state index is 0.0624. The Morgan fingerprint density at radius 2 is 1.86 bits per heavy atom. The lowest BCUT2D eigenvalue weighted by Crippen LogP contribution is -2.27. The minimum atomic E-state index is -0.375. The number of rotatable bonds is 8. The largest absolute Gasteiger partial charge is 0.423 e. The van der Waals surface area contributed by atoms with Gasteiger partial charge < -0.3 is 9.73 Å². The van der Waals surface area contributed by atoms with Crippen molar-refractivity contribution >= 4 is 28.6 Å². The van der Waals surface area contributed by atoms with E-state index >= 15 is 0 Å². The predicted octanol–water partition coefficient (Wildman–Crippen LogP) is 4.09. The highest BCUT2D eigenvalue weighted by atomic mass is 32.2. The van der Waals surface area contributed by atoms with Crippen LogP contribution < -0.4 is 10.9 Å². The summed E-state index contributed by atoms with van der Waals surface area (Å²) in [5.74, 6) is 0.530. The zero-order valence-electron chi connectivity index (χ0n) is 15.7. The molecule has 0 aliphatic heterocycles. The van der Waals surface area contributed by atoms with Gasteiger partial charge in [-0.3, -0.25) is 4.79 Å². The Labute approximate surface area is 167 Å². The molecule has 0 bridgehead atoms. The third-order valence-electron chi connectivity index (χ3n) is 4.44. The third kappa shape index (κ3) is 5.45. The second kappa shape index (κ2) is 9.55. The quantitative estimate of drug-likeness (QED) is 0.580. The Morgan fingerprint density at radius 3 is 2.61 bits per heavy atom. The molecule has 3 aromatic rings. The van der Waals surface area contributed by atoms with Gasteiger partial charge in [-0.1, -0.05) is 31.2 Å². The maximum Gasteiger partial charge on any atom is 0.336 e. The van der Waals surface area contributed by atoms with Crippen molar-refractivity contribution in [2.75, 3.05) is 12.3 Å². The van der Waals surface area contributed by atoms with Crippen molar-refractivity contribution in [3.05, 3.63) is 81.5 Å². The highest BCUT2D eigenvalue weighted by Gasteiger charge is 2.08. The van der Waals surface area contributed by atoms with Gasteiger partial charge in [0.15, 0.2) is 0 Å². The number of carbonyl (C=O) groups excluding carboxylic acids is 1. The molecule has 2 aromatic carbocycles. The number of hydrogen-bond donors (Lipinski definition) is 1. The fourth-order valence-corrected chi connectivity index (χ4v) is 3.76. The summed E-state index contributed by atoms with van der Waals surface area (Å²) in [4.78, 5) is 23.8. The van der Waals surface area contributed by atoms with Crippen LogP contribution in [-0.4, -0.2) is 18.2 Å². The van der Waals surface area contributed by atoms with E-state index < -0.39 is 0 Å². The molecule has 0 saturated carbocycles. The van der Waals surface area contributed by atoms with E-state index in [9.17, 15) is 14.0 Å². The van der Waals surface area contributed by atoms with Crippen LogP contribution in [0.25, 0.3) is 11.0 Å². The number of halogens is 1. The van der Waals surface area contributed by atoms with Crippen LogP contribution in [-0.2, 0) is 23.4 Å². The summed E-state index contributed by atoms with van der Waals surface area (Å²) in [5.41, 5.74) is 3.17. The van der Waals surface area contributed by atoms with Gasteiger partial charge in [0.1, 0.15) is 11.4 Å². The summed E-state index contributed by atoms with van der Waals surface area (Å²) in [6, 6.07) is 13.6. The third-order valence-corrected chi connectivity index (χ3v) is 5.42. The SMILES string of the molecule is CCc1ccc2c(CSCC(=O)NCCc3ccc(F)cc3)cc(=O)oc2c1. The molecule has 0 aliphatic carbocycles. The summed E-state index contributed by atoms with van der Waals surface area (Å²) in [5, 5.41) is 3.77. The maximum absolute atomic E-state index is 12.9. The first-order valence-corrected chi connectivity index (χ1v) is 10.3. The van der Waals surface area contributed by atoms with Crippen LogP contribution in [0, 0.1) is 5.82 Å². The molecule has 3 rings (SSSR count). The second-order valence-corrected chi connectivity index (χ2v) is 7.48. The predicted molar refractivity (Wildman–Crippen MR) is 111 cm³/mol. The van der Waals surface area contributed by atoms with Crippen LogP contribution in [0.1, 0.15) is 23.6 Å². The molecule has 0 saturated heterocycles. The fourth-order valence-electron chi connectivity index (χ4n) is 2.92. The van der Waals surface area contributed by atoms with Crippen molar-refractivity contribution in [1.29, 1.82) is 0 Å². The van der Waals surface area contributed by atoms with Crippen molar-refractivity contribution < 1.29 is 13.6 Å². The molecule has 1 heterocycles. The summed E-state index contributed by atoms with van der Waals surface area (Å²) < 4.78 is 18.2. The van der Waals surface area contributed by atoms with E-state index in [4.69, 9.17) is 4.42 Å². The molecule has 0 spiro atoms. The first-order valence-electron chi connectivity index (χ1n) is 9.19. The van der Waals surface area contributed by atoms with Crippen LogP contribution in [0.5, 0.6) is 0 Å². The molecule has 0 fully saturated rings. The average Bonchev–Trinajstić information content (AvgIpc) is 2.68. The van der Waals surface area contributed by atoms with E-state index in [1.54, 1.807) is 12.1 Å². The van der Waals surface area contributed by atoms with Crippen molar-refractivity contribution in [3.8, 4) is 0 Å². The van der Waals surface area contributed by atoms with Crippen molar-refractivity contribution in [3.63, 3.8) is 0 Å². The van der Waals surface area contributed by atoms with Gasteiger partial charge in [-0.15, -0.1) is 11.8 Å². The first-order chi connectivity index (χ1) is 13.5. The molecule has 0 unspecified atom stereocenters. The highest BCUT2D eigenvalue weighted by molar-refractivity contribution is 7.99. The van der Waals surface area contributed by atoms with Crippen molar-refractivity contribution in [2.45, 2.75) is 25.5 Å². The molecule has 146 valence electrons. The lowest BCUT2D eigenvalue weighted by Gasteiger charge is -2.08. The number of amides is 1. The number of hydrogen-bond acceptors (Lipinski definition) is 4. The van der Waals surface area contributed by atoms with Crippen LogP contribution in [0.2, 0.25) is 0 Å². The monoisotopic (exact) mass is 399 g/mol. The first kappa shape index (κ1) is 20.1. The second-order valence-electron chi connectivity index (χ2n) is 6.49. The molecule has 4 nitrogen and oxygen atoms in total. The Bertz CT molecular complexity index is 1010. The van der Waals surface area contributed by atoms with Gasteiger partial charge in [-0.05, 0) is 47.7 Å². The molecule has 0 atom stereocenters. The lowest BCUT2D eigenvalue weighted by molar-refractivity contribution is -0.118. The molecular formula is C22H22FNO3S. The number of fused-ring (bicyclic) bond motifs is 1. The van der Waals surface area contributed by atoms with Gasteiger partial charge in [-0.25, -0.2) is 9.18 Å². The van der Waals surface area contributed by atoms with Crippen molar-refractivity contribution in [1.82, 2.24) is 5.32 Å². The standard InChI is InChI=1S/C22H22FNO3S/c1-2-15-5-8-19-17(12-22(26)27-20(19)11-15)13-28-14-21(25)24-10-9-16-3-6-18(23)7-4-16/h3-8,11-12H,2,9-10,13-14H2,1H3,(H,24,25). The average molecular weight is 399 g/mol. The number of benzene rings is 2. The number of aryl methyl sites for hydroxylation is 1. The van der Waals surface area contributed by atoms with E-state index in [2.05, 4.69) is 5.32 Å². The molecule has 0 radical (unpaired) electrons. The van der Waals surface area contributed by atoms with Crippen LogP contribution in [0.3, 0.4) is 0 Å². The summed E-state index contributed by atoms with van der Waals surface area (Å²) in [6.45, 7) is 2.55.